The Balaban J connectivity index is 2.01. The van der Waals surface area contributed by atoms with Gasteiger partial charge < -0.3 is 0 Å². The zero-order chi connectivity index (χ0) is 18.2. The molecule has 0 aliphatic heterocycles. The Bertz CT molecular complexity index is 1040. The molecule has 0 spiro atoms. The van der Waals surface area contributed by atoms with Crippen LogP contribution < -0.4 is 0 Å². The molecule has 1 N–H and O–H groups in total. The third-order valence-corrected chi connectivity index (χ3v) is 11.7. The quantitative estimate of drug-likeness (QED) is 0.614. The second-order valence-electron chi connectivity index (χ2n) is 6.40. The van der Waals surface area contributed by atoms with Crippen LogP contribution in [0, 0.1) is 5.92 Å². The van der Waals surface area contributed by atoms with Gasteiger partial charge in [0.2, 0.25) is 0 Å². The molecule has 2 atom stereocenters. The Hall–Kier alpha value is -1.78. The average molecular weight is 422 g/mol. The van der Waals surface area contributed by atoms with E-state index in [1.54, 1.807) is 12.1 Å². The average Bonchev–Trinajstić information content (AvgIpc) is 2.91. The van der Waals surface area contributed by atoms with Crippen molar-refractivity contribution in [2.45, 2.75) is 29.9 Å². The van der Waals surface area contributed by atoms with Crippen molar-refractivity contribution in [3.63, 3.8) is 0 Å². The molecular formula is C18H19AsO5S. The fourth-order valence-electron chi connectivity index (χ4n) is 2.80. The number of carbonyl (C=O) groups is 1. The molecule has 25 heavy (non-hydrogen) atoms. The predicted octanol–water partition coefficient (Wildman–Crippen LogP) is 3.63. The number of benzene rings is 2. The van der Waals surface area contributed by atoms with Gasteiger partial charge in [-0.25, -0.2) is 0 Å². The Kier molecular flexibility index (Phi) is 4.94. The van der Waals surface area contributed by atoms with Crippen molar-refractivity contribution in [3.8, 4) is 0 Å². The molecule has 2 unspecified atom stereocenters. The predicted molar refractivity (Wildman–Crippen MR) is 98.9 cm³/mol. The molecule has 0 saturated carbocycles. The Morgan fingerprint density at radius 3 is 2.48 bits per heavy atom. The second-order valence-corrected chi connectivity index (χ2v) is 14.4. The van der Waals surface area contributed by atoms with Gasteiger partial charge in [-0.1, -0.05) is 0 Å². The van der Waals surface area contributed by atoms with Crippen molar-refractivity contribution in [1.29, 1.82) is 0 Å². The fraction of sp³-hybridized carbons (Fsp3) is 0.278. The molecule has 0 fully saturated rings. The van der Waals surface area contributed by atoms with Crippen LogP contribution >= 0.6 is 0 Å². The van der Waals surface area contributed by atoms with Crippen LogP contribution in [0.5, 0.6) is 0 Å². The Morgan fingerprint density at radius 1 is 1.12 bits per heavy atom. The molecule has 0 aliphatic carbocycles. The normalized spacial score (nSPS) is 14.0. The first-order valence-corrected chi connectivity index (χ1v) is 13.2. The van der Waals surface area contributed by atoms with Crippen molar-refractivity contribution in [3.05, 3.63) is 42.5 Å². The van der Waals surface area contributed by atoms with Gasteiger partial charge in [-0.05, 0) is 0 Å². The zero-order valence-electron chi connectivity index (χ0n) is 13.9. The summed E-state index contributed by atoms with van der Waals surface area (Å²) < 4.78 is 30.5. The molecule has 1 aromatic heterocycles. The van der Waals surface area contributed by atoms with Crippen LogP contribution in [0.15, 0.2) is 51.8 Å². The van der Waals surface area contributed by atoms with Crippen molar-refractivity contribution < 1.29 is 22.7 Å². The van der Waals surface area contributed by atoms with E-state index >= 15 is 0 Å². The van der Waals surface area contributed by atoms with E-state index in [1.807, 2.05) is 38.1 Å². The molecule has 0 amide bonds. The van der Waals surface area contributed by atoms with Crippen molar-refractivity contribution in [2.75, 3.05) is 0 Å². The van der Waals surface area contributed by atoms with Gasteiger partial charge in [0.05, 0.1) is 0 Å². The summed E-state index contributed by atoms with van der Waals surface area (Å²) in [5, 5.41) is 11.0. The third kappa shape index (κ3) is 3.75. The molecule has 3 aromatic rings. The molecule has 0 aliphatic rings. The fourth-order valence-corrected chi connectivity index (χ4v) is 10.3. The van der Waals surface area contributed by atoms with E-state index < -0.39 is 33.4 Å². The standard InChI is InChI=1S/C18H19AsO5S/c1-11(2)9-15(18(20)21)19-25(22,23)12-7-8-17-14(10-12)13-5-3-4-6-16(13)24-17/h3-8,10-11,15,19H,9H2,1-2H3,(H,20,21). The number of fused-ring (bicyclic) bond motifs is 3. The molecule has 0 saturated heterocycles. The van der Waals surface area contributed by atoms with Gasteiger partial charge in [-0.15, -0.1) is 0 Å². The van der Waals surface area contributed by atoms with E-state index in [9.17, 15) is 18.3 Å². The molecular weight excluding hydrogens is 403 g/mol. The SMILES string of the molecule is CC(C)CC([AsH]S(=O)(=O)c1ccc2oc3ccccc3c2c1)C(=O)O. The van der Waals surface area contributed by atoms with Crippen LogP contribution in [0.4, 0.5) is 0 Å². The van der Waals surface area contributed by atoms with Gasteiger partial charge in [0, 0.05) is 0 Å². The van der Waals surface area contributed by atoms with Crippen LogP contribution in [0.1, 0.15) is 20.3 Å². The maximum absolute atomic E-state index is 12.8. The van der Waals surface area contributed by atoms with Gasteiger partial charge in [0.15, 0.2) is 0 Å². The van der Waals surface area contributed by atoms with E-state index in [2.05, 4.69) is 0 Å². The number of aliphatic carboxylic acids is 1. The first-order chi connectivity index (χ1) is 11.8. The summed E-state index contributed by atoms with van der Waals surface area (Å²) in [5.74, 6) is -0.882. The van der Waals surface area contributed by atoms with E-state index in [4.69, 9.17) is 4.42 Å². The summed E-state index contributed by atoms with van der Waals surface area (Å²) in [6, 6.07) is 12.2. The van der Waals surface area contributed by atoms with E-state index in [-0.39, 0.29) is 10.8 Å². The monoisotopic (exact) mass is 422 g/mol. The molecule has 0 radical (unpaired) electrons. The molecule has 132 valence electrons. The second kappa shape index (κ2) is 6.85. The van der Waals surface area contributed by atoms with Gasteiger partial charge in [0.25, 0.3) is 0 Å². The van der Waals surface area contributed by atoms with Crippen LogP contribution in [0.2, 0.25) is 4.71 Å². The van der Waals surface area contributed by atoms with Gasteiger partial charge in [-0.2, -0.15) is 0 Å². The first kappa shape index (κ1) is 18.0. The van der Waals surface area contributed by atoms with Gasteiger partial charge >= 0.3 is 152 Å². The van der Waals surface area contributed by atoms with Gasteiger partial charge in [-0.3, -0.25) is 0 Å². The first-order valence-electron chi connectivity index (χ1n) is 7.94. The van der Waals surface area contributed by atoms with Crippen LogP contribution in [0.3, 0.4) is 0 Å². The van der Waals surface area contributed by atoms with Crippen LogP contribution in [-0.4, -0.2) is 34.1 Å². The number of furan rings is 1. The van der Waals surface area contributed by atoms with E-state index in [1.165, 1.54) is 6.07 Å². The number of hydrogen-bond acceptors (Lipinski definition) is 4. The summed E-state index contributed by atoms with van der Waals surface area (Å²) in [6.07, 6.45) is 0.380. The topological polar surface area (TPSA) is 84.6 Å². The number of para-hydroxylation sites is 1. The minimum atomic E-state index is -3.59. The molecule has 1 heterocycles. The summed E-state index contributed by atoms with van der Waals surface area (Å²) >= 11 is -1.75. The number of carboxylic acid groups (broad SMARTS) is 1. The molecule has 5 nitrogen and oxygen atoms in total. The Morgan fingerprint density at radius 2 is 1.80 bits per heavy atom. The third-order valence-electron chi connectivity index (χ3n) is 3.96. The van der Waals surface area contributed by atoms with E-state index in [0.29, 0.717) is 17.6 Å². The zero-order valence-corrected chi connectivity index (χ0v) is 16.8. The summed E-state index contributed by atoms with van der Waals surface area (Å²) in [5.41, 5.74) is 1.32. The Labute approximate surface area is 151 Å². The molecule has 7 heteroatoms. The molecule has 3 rings (SSSR count). The maximum atomic E-state index is 12.8. The van der Waals surface area contributed by atoms with Crippen molar-refractivity contribution in [2.24, 2.45) is 5.92 Å². The summed E-state index contributed by atoms with van der Waals surface area (Å²) in [4.78, 5) is 11.6. The van der Waals surface area contributed by atoms with Crippen molar-refractivity contribution in [1.82, 2.24) is 0 Å². The summed E-state index contributed by atoms with van der Waals surface area (Å²) in [6.45, 7) is 3.80. The molecule has 0 bridgehead atoms. The van der Waals surface area contributed by atoms with E-state index in [0.717, 1.165) is 10.8 Å². The number of carboxylic acids is 1. The van der Waals surface area contributed by atoms with Gasteiger partial charge in [0.1, 0.15) is 0 Å². The van der Waals surface area contributed by atoms with Crippen LogP contribution in [-0.2, 0) is 12.9 Å². The minimum absolute atomic E-state index is 0.139. The van der Waals surface area contributed by atoms with Crippen molar-refractivity contribution >= 4 is 50.6 Å². The summed E-state index contributed by atoms with van der Waals surface area (Å²) in [7, 11) is -3.59. The van der Waals surface area contributed by atoms with Crippen LogP contribution in [0.25, 0.3) is 21.9 Å². The molecule has 2 aromatic carbocycles. The number of hydrogen-bond donors (Lipinski definition) is 1. The number of rotatable bonds is 6.